The molecule has 35 heavy (non-hydrogen) atoms. The molecular formula is C26H28FN5O3. The summed E-state index contributed by atoms with van der Waals surface area (Å²) in [5, 5.41) is 9.98. The molecule has 4 rings (SSSR count). The Balaban J connectivity index is 1.55. The summed E-state index contributed by atoms with van der Waals surface area (Å²) >= 11 is 0. The molecule has 1 saturated heterocycles. The molecule has 9 heteroatoms. The summed E-state index contributed by atoms with van der Waals surface area (Å²) in [6, 6.07) is 14.2. The summed E-state index contributed by atoms with van der Waals surface area (Å²) in [5.41, 5.74) is 1.72. The SMILES string of the molecule is CCCCC1(c2ccc(F)cc2)NC(=O)N(CC(=O)Nc2cc(C)nn2-c2ccc(C)cc2)C1=O. The summed E-state index contributed by atoms with van der Waals surface area (Å²) in [7, 11) is 0. The van der Waals surface area contributed by atoms with Crippen LogP contribution in [0.25, 0.3) is 5.69 Å². The molecule has 0 spiro atoms. The van der Waals surface area contributed by atoms with E-state index < -0.39 is 35.7 Å². The van der Waals surface area contributed by atoms with Gasteiger partial charge in [-0.1, -0.05) is 49.6 Å². The van der Waals surface area contributed by atoms with E-state index in [0.717, 1.165) is 22.6 Å². The van der Waals surface area contributed by atoms with E-state index in [4.69, 9.17) is 0 Å². The predicted molar refractivity (Wildman–Crippen MR) is 130 cm³/mol. The number of rotatable bonds is 8. The van der Waals surface area contributed by atoms with Gasteiger partial charge in [0, 0.05) is 6.07 Å². The number of aryl methyl sites for hydroxylation is 2. The minimum absolute atomic E-state index is 0.344. The van der Waals surface area contributed by atoms with E-state index in [9.17, 15) is 18.8 Å². The molecule has 0 aliphatic carbocycles. The molecule has 1 unspecified atom stereocenters. The molecule has 1 aliphatic rings. The third-order valence-electron chi connectivity index (χ3n) is 6.10. The Morgan fingerprint density at radius 1 is 1.09 bits per heavy atom. The highest BCUT2D eigenvalue weighted by Crippen LogP contribution is 2.34. The van der Waals surface area contributed by atoms with Crippen molar-refractivity contribution in [2.45, 2.75) is 45.6 Å². The van der Waals surface area contributed by atoms with Gasteiger partial charge in [-0.15, -0.1) is 0 Å². The number of carbonyl (C=O) groups is 3. The molecule has 4 amide bonds. The zero-order valence-electron chi connectivity index (χ0n) is 20.0. The molecular weight excluding hydrogens is 449 g/mol. The predicted octanol–water partition coefficient (Wildman–Crippen LogP) is 4.20. The zero-order chi connectivity index (χ0) is 25.2. The van der Waals surface area contributed by atoms with Crippen LogP contribution in [0.2, 0.25) is 0 Å². The molecule has 2 aromatic carbocycles. The van der Waals surface area contributed by atoms with E-state index in [-0.39, 0.29) is 0 Å². The lowest BCUT2D eigenvalue weighted by molar-refractivity contribution is -0.134. The zero-order valence-corrected chi connectivity index (χ0v) is 20.0. The number of aromatic nitrogens is 2. The topological polar surface area (TPSA) is 96.3 Å². The number of amides is 4. The van der Waals surface area contributed by atoms with Gasteiger partial charge in [0.2, 0.25) is 5.91 Å². The van der Waals surface area contributed by atoms with Crippen LogP contribution < -0.4 is 10.6 Å². The number of nitrogens with zero attached hydrogens (tertiary/aromatic N) is 3. The summed E-state index contributed by atoms with van der Waals surface area (Å²) in [4.78, 5) is 40.2. The number of benzene rings is 2. The molecule has 8 nitrogen and oxygen atoms in total. The van der Waals surface area contributed by atoms with E-state index in [0.29, 0.717) is 29.9 Å². The quantitative estimate of drug-likeness (QED) is 0.475. The smallest absolute Gasteiger partial charge is 0.319 e. The maximum atomic E-state index is 13.5. The van der Waals surface area contributed by atoms with Crippen molar-refractivity contribution in [2.75, 3.05) is 11.9 Å². The van der Waals surface area contributed by atoms with Gasteiger partial charge in [0.1, 0.15) is 23.7 Å². The number of imide groups is 1. The van der Waals surface area contributed by atoms with Crippen LogP contribution >= 0.6 is 0 Å². The van der Waals surface area contributed by atoms with E-state index in [1.54, 1.807) is 10.7 Å². The van der Waals surface area contributed by atoms with Crippen LogP contribution in [-0.4, -0.2) is 39.1 Å². The fraction of sp³-hybridized carbons (Fsp3) is 0.308. The van der Waals surface area contributed by atoms with Gasteiger partial charge in [-0.2, -0.15) is 5.10 Å². The number of urea groups is 1. The molecule has 1 aromatic heterocycles. The van der Waals surface area contributed by atoms with Gasteiger partial charge in [-0.3, -0.25) is 14.5 Å². The first-order valence-corrected chi connectivity index (χ1v) is 11.6. The van der Waals surface area contributed by atoms with Crippen molar-refractivity contribution in [3.63, 3.8) is 0 Å². The van der Waals surface area contributed by atoms with Crippen molar-refractivity contribution < 1.29 is 18.8 Å². The van der Waals surface area contributed by atoms with Crippen LogP contribution in [0.3, 0.4) is 0 Å². The highest BCUT2D eigenvalue weighted by Gasteiger charge is 2.52. The normalized spacial score (nSPS) is 17.5. The lowest BCUT2D eigenvalue weighted by atomic mass is 9.85. The molecule has 0 saturated carbocycles. The van der Waals surface area contributed by atoms with Gasteiger partial charge >= 0.3 is 6.03 Å². The third kappa shape index (κ3) is 4.80. The fourth-order valence-electron chi connectivity index (χ4n) is 4.25. The van der Waals surface area contributed by atoms with Gasteiger partial charge in [0.05, 0.1) is 11.4 Å². The van der Waals surface area contributed by atoms with Crippen LogP contribution in [0.15, 0.2) is 54.6 Å². The van der Waals surface area contributed by atoms with E-state index in [1.165, 1.54) is 24.3 Å². The first kappa shape index (κ1) is 24.1. The largest absolute Gasteiger partial charge is 0.325 e. The second kappa shape index (κ2) is 9.69. The molecule has 2 heterocycles. The van der Waals surface area contributed by atoms with Crippen LogP contribution in [-0.2, 0) is 15.1 Å². The molecule has 2 N–H and O–H groups in total. The molecule has 182 valence electrons. The van der Waals surface area contributed by atoms with Crippen molar-refractivity contribution in [2.24, 2.45) is 0 Å². The van der Waals surface area contributed by atoms with Gasteiger partial charge in [-0.05, 0) is 50.1 Å². The highest BCUT2D eigenvalue weighted by molar-refractivity contribution is 6.10. The minimum Gasteiger partial charge on any atom is -0.319 e. The summed E-state index contributed by atoms with van der Waals surface area (Å²) < 4.78 is 15.1. The Kier molecular flexibility index (Phi) is 6.68. The molecule has 3 aromatic rings. The van der Waals surface area contributed by atoms with Gasteiger partial charge < -0.3 is 10.6 Å². The minimum atomic E-state index is -1.33. The number of hydrogen-bond donors (Lipinski definition) is 2. The lowest BCUT2D eigenvalue weighted by Crippen LogP contribution is -2.44. The first-order chi connectivity index (χ1) is 16.7. The van der Waals surface area contributed by atoms with Gasteiger partial charge in [0.15, 0.2) is 0 Å². The molecule has 1 atom stereocenters. The summed E-state index contributed by atoms with van der Waals surface area (Å²) in [5.74, 6) is -1.07. The van der Waals surface area contributed by atoms with Gasteiger partial charge in [-0.25, -0.2) is 13.9 Å². The summed E-state index contributed by atoms with van der Waals surface area (Å²) in [6.45, 7) is 5.30. The summed E-state index contributed by atoms with van der Waals surface area (Å²) in [6.07, 6.45) is 1.81. The Morgan fingerprint density at radius 3 is 2.43 bits per heavy atom. The van der Waals surface area contributed by atoms with Crippen LogP contribution in [0, 0.1) is 19.7 Å². The van der Waals surface area contributed by atoms with Crippen molar-refractivity contribution in [3.05, 3.63) is 77.2 Å². The number of anilines is 1. The maximum Gasteiger partial charge on any atom is 0.325 e. The second-order valence-electron chi connectivity index (χ2n) is 8.80. The molecule has 0 radical (unpaired) electrons. The number of nitrogens with one attached hydrogen (secondary N) is 2. The lowest BCUT2D eigenvalue weighted by Gasteiger charge is -2.27. The van der Waals surface area contributed by atoms with Crippen molar-refractivity contribution in [3.8, 4) is 5.69 Å². The Morgan fingerprint density at radius 2 is 1.77 bits per heavy atom. The Labute approximate surface area is 203 Å². The van der Waals surface area contributed by atoms with Crippen LogP contribution in [0.4, 0.5) is 15.0 Å². The number of hydrogen-bond acceptors (Lipinski definition) is 4. The molecule has 1 aliphatic heterocycles. The standard InChI is InChI=1S/C26H28FN5O3/c1-4-5-14-26(19-8-10-20(27)11-9-19)24(34)31(25(35)29-26)16-23(33)28-22-15-18(3)30-32(22)21-12-6-17(2)7-13-21/h6-13,15H,4-5,14,16H2,1-3H3,(H,28,33)(H,29,35). The van der Waals surface area contributed by atoms with Crippen molar-refractivity contribution >= 4 is 23.7 Å². The van der Waals surface area contributed by atoms with E-state index >= 15 is 0 Å². The third-order valence-corrected chi connectivity index (χ3v) is 6.10. The number of halogens is 1. The molecule has 0 bridgehead atoms. The number of carbonyl (C=O) groups excluding carboxylic acids is 3. The van der Waals surface area contributed by atoms with Crippen LogP contribution in [0.5, 0.6) is 0 Å². The fourth-order valence-corrected chi connectivity index (χ4v) is 4.25. The average Bonchev–Trinajstić information content (AvgIpc) is 3.30. The van der Waals surface area contributed by atoms with Crippen molar-refractivity contribution in [1.82, 2.24) is 20.0 Å². The van der Waals surface area contributed by atoms with E-state index in [2.05, 4.69) is 15.7 Å². The maximum absolute atomic E-state index is 13.5. The Bertz CT molecular complexity index is 1250. The number of unbranched alkanes of at least 4 members (excludes halogenated alkanes) is 1. The van der Waals surface area contributed by atoms with Crippen molar-refractivity contribution in [1.29, 1.82) is 0 Å². The average molecular weight is 478 g/mol. The van der Waals surface area contributed by atoms with Crippen LogP contribution in [0.1, 0.15) is 43.0 Å². The molecule has 1 fully saturated rings. The second-order valence-corrected chi connectivity index (χ2v) is 8.80. The van der Waals surface area contributed by atoms with Gasteiger partial charge in [0.25, 0.3) is 5.91 Å². The highest BCUT2D eigenvalue weighted by atomic mass is 19.1. The monoisotopic (exact) mass is 477 g/mol. The first-order valence-electron chi connectivity index (χ1n) is 11.6. The Hall–Kier alpha value is -4.01. The van der Waals surface area contributed by atoms with E-state index in [1.807, 2.05) is 45.0 Å².